The molecular weight excluding hydrogens is 282 g/mol. The first kappa shape index (κ1) is 15.4. The highest BCUT2D eigenvalue weighted by atomic mass is 32.2. The average Bonchev–Trinajstić information content (AvgIpc) is 2.12. The molecule has 0 aliphatic carbocycles. The van der Waals surface area contributed by atoms with Crippen LogP contribution < -0.4 is 0 Å². The second-order valence-electron chi connectivity index (χ2n) is 4.53. The molecule has 0 saturated carbocycles. The maximum Gasteiger partial charge on any atom is 0.304 e. The van der Waals surface area contributed by atoms with Crippen molar-refractivity contribution in [2.24, 2.45) is 0 Å². The second-order valence-corrected chi connectivity index (χ2v) is 9.02. The number of carboxylic acid groups (broad SMARTS) is 1. The SMILES string of the molecule is CS(=O)(=O)CCN1CCS(=O)(=O)CC1CC(=O)O. The Morgan fingerprint density at radius 2 is 2.06 bits per heavy atom. The third-order valence-corrected chi connectivity index (χ3v) is 5.43. The van der Waals surface area contributed by atoms with Crippen LogP contribution in [0.3, 0.4) is 0 Å². The van der Waals surface area contributed by atoms with Crippen LogP contribution in [0.1, 0.15) is 6.42 Å². The largest absolute Gasteiger partial charge is 0.481 e. The van der Waals surface area contributed by atoms with Gasteiger partial charge in [-0.15, -0.1) is 0 Å². The number of sulfone groups is 2. The van der Waals surface area contributed by atoms with E-state index in [4.69, 9.17) is 5.11 Å². The first-order valence-electron chi connectivity index (χ1n) is 5.43. The molecule has 0 spiro atoms. The summed E-state index contributed by atoms with van der Waals surface area (Å²) in [6, 6.07) is -0.636. The molecule has 0 radical (unpaired) electrons. The van der Waals surface area contributed by atoms with Gasteiger partial charge in [-0.3, -0.25) is 9.69 Å². The summed E-state index contributed by atoms with van der Waals surface area (Å²) < 4.78 is 45.0. The summed E-state index contributed by atoms with van der Waals surface area (Å²) in [6.45, 7) is 0.363. The van der Waals surface area contributed by atoms with E-state index in [1.165, 1.54) is 0 Å². The maximum absolute atomic E-state index is 11.5. The lowest BCUT2D eigenvalue weighted by Gasteiger charge is -2.34. The minimum atomic E-state index is -3.22. The van der Waals surface area contributed by atoms with Gasteiger partial charge in [0.25, 0.3) is 0 Å². The monoisotopic (exact) mass is 299 g/mol. The van der Waals surface area contributed by atoms with Gasteiger partial charge in [0.05, 0.1) is 23.7 Å². The summed E-state index contributed by atoms with van der Waals surface area (Å²) >= 11 is 0. The van der Waals surface area contributed by atoms with Gasteiger partial charge in [0.2, 0.25) is 0 Å². The lowest BCUT2D eigenvalue weighted by molar-refractivity contribution is -0.138. The molecule has 1 rings (SSSR count). The molecule has 1 heterocycles. The molecule has 1 fully saturated rings. The summed E-state index contributed by atoms with van der Waals surface area (Å²) in [7, 11) is -6.36. The van der Waals surface area contributed by atoms with Crippen molar-refractivity contribution in [3.8, 4) is 0 Å². The predicted molar refractivity (Wildman–Crippen MR) is 66.0 cm³/mol. The van der Waals surface area contributed by atoms with Gasteiger partial charge in [-0.1, -0.05) is 0 Å². The van der Waals surface area contributed by atoms with Crippen molar-refractivity contribution >= 4 is 25.6 Å². The van der Waals surface area contributed by atoms with Gasteiger partial charge in [0.15, 0.2) is 9.84 Å². The Morgan fingerprint density at radius 1 is 1.44 bits per heavy atom. The van der Waals surface area contributed by atoms with Crippen molar-refractivity contribution in [2.75, 3.05) is 36.6 Å². The van der Waals surface area contributed by atoms with E-state index < -0.39 is 31.7 Å². The van der Waals surface area contributed by atoms with Gasteiger partial charge < -0.3 is 5.11 Å². The molecule has 1 unspecified atom stereocenters. The molecule has 18 heavy (non-hydrogen) atoms. The highest BCUT2D eigenvalue weighted by molar-refractivity contribution is 7.91. The second kappa shape index (κ2) is 5.54. The van der Waals surface area contributed by atoms with Crippen LogP contribution in [0.2, 0.25) is 0 Å². The molecule has 0 aromatic rings. The topological polar surface area (TPSA) is 109 Å². The van der Waals surface area contributed by atoms with Crippen LogP contribution in [0.5, 0.6) is 0 Å². The Bertz CT molecular complexity index is 509. The van der Waals surface area contributed by atoms with E-state index >= 15 is 0 Å². The van der Waals surface area contributed by atoms with Crippen molar-refractivity contribution in [3.05, 3.63) is 0 Å². The molecule has 1 aliphatic heterocycles. The van der Waals surface area contributed by atoms with Crippen molar-refractivity contribution in [1.82, 2.24) is 4.90 Å². The zero-order chi connectivity index (χ0) is 14.0. The number of nitrogens with zero attached hydrogens (tertiary/aromatic N) is 1. The van der Waals surface area contributed by atoms with Crippen molar-refractivity contribution in [3.63, 3.8) is 0 Å². The average molecular weight is 299 g/mol. The number of carbonyl (C=O) groups is 1. The molecule has 0 aromatic carbocycles. The van der Waals surface area contributed by atoms with Gasteiger partial charge in [-0.25, -0.2) is 16.8 Å². The smallest absolute Gasteiger partial charge is 0.304 e. The summed E-state index contributed by atoms with van der Waals surface area (Å²) in [5, 5.41) is 8.74. The minimum Gasteiger partial charge on any atom is -0.481 e. The first-order chi connectivity index (χ1) is 8.09. The van der Waals surface area contributed by atoms with Gasteiger partial charge in [-0.2, -0.15) is 0 Å². The standard InChI is InChI=1S/C9H17NO6S2/c1-17(13,14)4-2-10-3-5-18(15,16)7-8(10)6-9(11)12/h8H,2-7H2,1H3,(H,11,12). The molecule has 1 saturated heterocycles. The molecular formula is C9H17NO6S2. The van der Waals surface area contributed by atoms with Crippen LogP contribution in [0.4, 0.5) is 0 Å². The minimum absolute atomic E-state index is 0.0487. The van der Waals surface area contributed by atoms with Gasteiger partial charge in [-0.05, 0) is 0 Å². The van der Waals surface area contributed by atoms with E-state index in [1.807, 2.05) is 0 Å². The van der Waals surface area contributed by atoms with E-state index in [0.29, 0.717) is 0 Å². The molecule has 0 bridgehead atoms. The van der Waals surface area contributed by atoms with Crippen LogP contribution in [-0.2, 0) is 24.5 Å². The fourth-order valence-electron chi connectivity index (χ4n) is 1.89. The number of aliphatic carboxylic acids is 1. The molecule has 106 valence electrons. The molecule has 0 amide bonds. The van der Waals surface area contributed by atoms with Crippen molar-refractivity contribution in [2.45, 2.75) is 12.5 Å². The van der Waals surface area contributed by atoms with E-state index in [0.717, 1.165) is 6.26 Å². The number of hydrogen-bond donors (Lipinski definition) is 1. The van der Waals surface area contributed by atoms with Crippen LogP contribution >= 0.6 is 0 Å². The van der Waals surface area contributed by atoms with Crippen LogP contribution in [-0.4, -0.2) is 75.5 Å². The molecule has 9 heteroatoms. The van der Waals surface area contributed by atoms with Crippen LogP contribution in [0.15, 0.2) is 0 Å². The number of hydrogen-bond acceptors (Lipinski definition) is 6. The molecule has 7 nitrogen and oxygen atoms in total. The Hall–Kier alpha value is -0.670. The maximum atomic E-state index is 11.5. The molecule has 0 aromatic heterocycles. The third kappa shape index (κ3) is 5.32. The Morgan fingerprint density at radius 3 is 2.56 bits per heavy atom. The number of rotatable bonds is 5. The summed E-state index contributed by atoms with van der Waals surface area (Å²) in [5.41, 5.74) is 0. The van der Waals surface area contributed by atoms with E-state index in [-0.39, 0.29) is 36.8 Å². The van der Waals surface area contributed by atoms with E-state index in [9.17, 15) is 21.6 Å². The van der Waals surface area contributed by atoms with E-state index in [1.54, 1.807) is 4.90 Å². The predicted octanol–water partition coefficient (Wildman–Crippen LogP) is -1.40. The first-order valence-corrected chi connectivity index (χ1v) is 9.31. The fraction of sp³-hybridized carbons (Fsp3) is 0.889. The zero-order valence-corrected chi connectivity index (χ0v) is 11.7. The lowest BCUT2D eigenvalue weighted by Crippen LogP contribution is -2.50. The van der Waals surface area contributed by atoms with Crippen LogP contribution in [0, 0.1) is 0 Å². The van der Waals surface area contributed by atoms with Crippen molar-refractivity contribution < 1.29 is 26.7 Å². The van der Waals surface area contributed by atoms with Gasteiger partial charge in [0.1, 0.15) is 9.84 Å². The Balaban J connectivity index is 2.72. The van der Waals surface area contributed by atoms with Crippen LogP contribution in [0.25, 0.3) is 0 Å². The van der Waals surface area contributed by atoms with Crippen molar-refractivity contribution in [1.29, 1.82) is 0 Å². The Labute approximate surface area is 107 Å². The van der Waals surface area contributed by atoms with Gasteiger partial charge >= 0.3 is 5.97 Å². The highest BCUT2D eigenvalue weighted by Gasteiger charge is 2.32. The lowest BCUT2D eigenvalue weighted by atomic mass is 10.2. The van der Waals surface area contributed by atoms with Gasteiger partial charge in [0, 0.05) is 25.4 Å². The van der Waals surface area contributed by atoms with E-state index in [2.05, 4.69) is 0 Å². The third-order valence-electron chi connectivity index (χ3n) is 2.81. The molecule has 1 aliphatic rings. The Kier molecular flexibility index (Phi) is 4.73. The normalized spacial score (nSPS) is 24.8. The number of carboxylic acids is 1. The zero-order valence-electron chi connectivity index (χ0n) is 10.1. The summed E-state index contributed by atoms with van der Waals surface area (Å²) in [6.07, 6.45) is 0.808. The summed E-state index contributed by atoms with van der Waals surface area (Å²) in [4.78, 5) is 12.3. The molecule has 1 atom stereocenters. The molecule has 1 N–H and O–H groups in total. The highest BCUT2D eigenvalue weighted by Crippen LogP contribution is 2.15. The fourth-order valence-corrected chi connectivity index (χ4v) is 4.05. The quantitative estimate of drug-likeness (QED) is 0.665. The summed E-state index contributed by atoms with van der Waals surface area (Å²) in [5.74, 6) is -1.44.